The Labute approximate surface area is 140 Å². The number of amides is 1. The lowest BCUT2D eigenvalue weighted by atomic mass is 10.1. The number of benzene rings is 1. The predicted molar refractivity (Wildman–Crippen MR) is 94.9 cm³/mol. The number of anilines is 1. The van der Waals surface area contributed by atoms with E-state index in [-0.39, 0.29) is 5.91 Å². The average Bonchev–Trinajstić information content (AvgIpc) is 2.60. The Morgan fingerprint density at radius 1 is 1.21 bits per heavy atom. The van der Waals surface area contributed by atoms with Gasteiger partial charge in [-0.05, 0) is 42.8 Å². The Bertz CT molecular complexity index is 905. The molecule has 5 nitrogen and oxygen atoms in total. The van der Waals surface area contributed by atoms with Crippen molar-refractivity contribution in [3.05, 3.63) is 66.1 Å². The number of rotatable bonds is 4. The van der Waals surface area contributed by atoms with Crippen molar-refractivity contribution in [1.82, 2.24) is 9.97 Å². The number of aromatic nitrogens is 2. The van der Waals surface area contributed by atoms with Crippen molar-refractivity contribution in [3.8, 4) is 5.75 Å². The largest absolute Gasteiger partial charge is 0.494 e. The van der Waals surface area contributed by atoms with E-state index < -0.39 is 0 Å². The molecule has 1 aromatic carbocycles. The summed E-state index contributed by atoms with van der Waals surface area (Å²) in [5, 5.41) is 3.75. The van der Waals surface area contributed by atoms with Crippen molar-refractivity contribution in [2.45, 2.75) is 6.92 Å². The minimum atomic E-state index is -0.207. The van der Waals surface area contributed by atoms with Gasteiger partial charge in [-0.25, -0.2) is 4.98 Å². The van der Waals surface area contributed by atoms with Crippen molar-refractivity contribution < 1.29 is 9.53 Å². The lowest BCUT2D eigenvalue weighted by Gasteiger charge is -2.10. The van der Waals surface area contributed by atoms with E-state index in [1.54, 1.807) is 25.6 Å². The number of nitrogens with one attached hydrogen (secondary N) is 1. The van der Waals surface area contributed by atoms with Gasteiger partial charge in [0.05, 0.1) is 12.8 Å². The summed E-state index contributed by atoms with van der Waals surface area (Å²) >= 11 is 0. The first-order valence-electron chi connectivity index (χ1n) is 7.51. The SMILES string of the molecule is COc1cccc2c(NC(=O)C=Cc3ccncc3)cc(C)nc12. The van der Waals surface area contributed by atoms with Gasteiger partial charge in [-0.15, -0.1) is 0 Å². The van der Waals surface area contributed by atoms with Crippen LogP contribution < -0.4 is 10.1 Å². The number of nitrogens with zero attached hydrogens (tertiary/aromatic N) is 2. The Balaban J connectivity index is 1.90. The van der Waals surface area contributed by atoms with E-state index in [1.807, 2.05) is 43.3 Å². The third-order valence-electron chi connectivity index (χ3n) is 3.54. The fraction of sp³-hybridized carbons (Fsp3) is 0.105. The molecule has 2 heterocycles. The zero-order chi connectivity index (χ0) is 16.9. The van der Waals surface area contributed by atoms with Gasteiger partial charge in [0, 0.05) is 29.5 Å². The summed E-state index contributed by atoms with van der Waals surface area (Å²) in [7, 11) is 1.61. The Morgan fingerprint density at radius 2 is 2.00 bits per heavy atom. The number of aryl methyl sites for hydroxylation is 1. The zero-order valence-corrected chi connectivity index (χ0v) is 13.5. The standard InChI is InChI=1S/C19H17N3O2/c1-13-12-16(15-4-3-5-17(24-2)19(15)21-13)22-18(23)7-6-14-8-10-20-11-9-14/h3-12H,1-2H3,(H,21,22,23). The number of ether oxygens (including phenoxy) is 1. The summed E-state index contributed by atoms with van der Waals surface area (Å²) in [6.45, 7) is 1.88. The molecular weight excluding hydrogens is 302 g/mol. The van der Waals surface area contributed by atoms with Gasteiger partial charge in [-0.2, -0.15) is 0 Å². The smallest absolute Gasteiger partial charge is 0.248 e. The molecule has 120 valence electrons. The molecule has 0 radical (unpaired) electrons. The van der Waals surface area contributed by atoms with Gasteiger partial charge in [0.2, 0.25) is 5.91 Å². The molecule has 0 aliphatic rings. The molecule has 3 aromatic rings. The summed E-state index contributed by atoms with van der Waals surface area (Å²) in [4.78, 5) is 20.7. The number of carbonyl (C=O) groups is 1. The molecule has 1 N–H and O–H groups in total. The van der Waals surface area contributed by atoms with Crippen molar-refractivity contribution >= 4 is 28.6 Å². The highest BCUT2D eigenvalue weighted by Gasteiger charge is 2.09. The molecule has 3 rings (SSSR count). The van der Waals surface area contributed by atoms with E-state index >= 15 is 0 Å². The summed E-state index contributed by atoms with van der Waals surface area (Å²) in [5.41, 5.74) is 3.16. The van der Waals surface area contributed by atoms with Crippen LogP contribution in [0.5, 0.6) is 5.75 Å². The van der Waals surface area contributed by atoms with Crippen molar-refractivity contribution in [2.75, 3.05) is 12.4 Å². The molecule has 0 bridgehead atoms. The number of carbonyl (C=O) groups excluding carboxylic acids is 1. The van der Waals surface area contributed by atoms with E-state index in [1.165, 1.54) is 6.08 Å². The molecule has 0 aliphatic carbocycles. The number of methoxy groups -OCH3 is 1. The molecule has 0 fully saturated rings. The Kier molecular flexibility index (Phi) is 4.52. The Hall–Kier alpha value is -3.21. The topological polar surface area (TPSA) is 64.1 Å². The summed E-state index contributed by atoms with van der Waals surface area (Å²) in [6.07, 6.45) is 6.61. The second-order valence-electron chi connectivity index (χ2n) is 5.27. The van der Waals surface area contributed by atoms with Crippen LogP contribution in [-0.4, -0.2) is 23.0 Å². The number of para-hydroxylation sites is 1. The van der Waals surface area contributed by atoms with Gasteiger partial charge in [-0.3, -0.25) is 9.78 Å². The minimum absolute atomic E-state index is 0.207. The summed E-state index contributed by atoms with van der Waals surface area (Å²) in [5.74, 6) is 0.473. The van der Waals surface area contributed by atoms with E-state index in [0.717, 1.165) is 22.2 Å². The number of pyridine rings is 2. The monoisotopic (exact) mass is 319 g/mol. The lowest BCUT2D eigenvalue weighted by molar-refractivity contribution is -0.111. The van der Waals surface area contributed by atoms with Crippen LogP contribution in [0.1, 0.15) is 11.3 Å². The van der Waals surface area contributed by atoms with E-state index in [4.69, 9.17) is 4.74 Å². The van der Waals surface area contributed by atoms with Crippen LogP contribution in [0.15, 0.2) is 54.9 Å². The van der Waals surface area contributed by atoms with Gasteiger partial charge in [0.25, 0.3) is 0 Å². The summed E-state index contributed by atoms with van der Waals surface area (Å²) < 4.78 is 5.35. The van der Waals surface area contributed by atoms with Gasteiger partial charge in [-0.1, -0.05) is 12.1 Å². The maximum atomic E-state index is 12.2. The van der Waals surface area contributed by atoms with Crippen LogP contribution in [0.25, 0.3) is 17.0 Å². The highest BCUT2D eigenvalue weighted by molar-refractivity contribution is 6.07. The molecule has 0 aliphatic heterocycles. The molecule has 0 atom stereocenters. The molecule has 0 saturated carbocycles. The fourth-order valence-corrected chi connectivity index (χ4v) is 2.44. The van der Waals surface area contributed by atoms with Crippen molar-refractivity contribution in [2.24, 2.45) is 0 Å². The highest BCUT2D eigenvalue weighted by Crippen LogP contribution is 2.29. The van der Waals surface area contributed by atoms with Crippen LogP contribution in [0.4, 0.5) is 5.69 Å². The molecule has 5 heteroatoms. The molecule has 2 aromatic heterocycles. The molecule has 1 amide bonds. The van der Waals surface area contributed by atoms with E-state index in [0.29, 0.717) is 11.4 Å². The quantitative estimate of drug-likeness (QED) is 0.746. The molecular formula is C19H17N3O2. The fourth-order valence-electron chi connectivity index (χ4n) is 2.44. The van der Waals surface area contributed by atoms with Gasteiger partial charge < -0.3 is 10.1 Å². The van der Waals surface area contributed by atoms with Crippen LogP contribution in [0.3, 0.4) is 0 Å². The third-order valence-corrected chi connectivity index (χ3v) is 3.54. The normalized spacial score (nSPS) is 10.9. The number of fused-ring (bicyclic) bond motifs is 1. The minimum Gasteiger partial charge on any atom is -0.494 e. The zero-order valence-electron chi connectivity index (χ0n) is 13.5. The van der Waals surface area contributed by atoms with Crippen molar-refractivity contribution in [3.63, 3.8) is 0 Å². The predicted octanol–water partition coefficient (Wildman–Crippen LogP) is 3.60. The first-order chi connectivity index (χ1) is 11.7. The highest BCUT2D eigenvalue weighted by atomic mass is 16.5. The molecule has 24 heavy (non-hydrogen) atoms. The van der Waals surface area contributed by atoms with Gasteiger partial charge in [0.1, 0.15) is 11.3 Å². The van der Waals surface area contributed by atoms with Gasteiger partial charge >= 0.3 is 0 Å². The number of hydrogen-bond acceptors (Lipinski definition) is 4. The number of hydrogen-bond donors (Lipinski definition) is 1. The third kappa shape index (κ3) is 3.41. The van der Waals surface area contributed by atoms with Crippen molar-refractivity contribution in [1.29, 1.82) is 0 Å². The van der Waals surface area contributed by atoms with Crippen LogP contribution in [0.2, 0.25) is 0 Å². The average molecular weight is 319 g/mol. The summed E-state index contributed by atoms with van der Waals surface area (Å²) in [6, 6.07) is 11.2. The van der Waals surface area contributed by atoms with E-state index in [2.05, 4.69) is 15.3 Å². The van der Waals surface area contributed by atoms with E-state index in [9.17, 15) is 4.79 Å². The Morgan fingerprint density at radius 3 is 2.75 bits per heavy atom. The van der Waals surface area contributed by atoms with Crippen LogP contribution in [0, 0.1) is 6.92 Å². The van der Waals surface area contributed by atoms with Crippen LogP contribution in [-0.2, 0) is 4.79 Å². The molecule has 0 unspecified atom stereocenters. The first kappa shape index (κ1) is 15.7. The molecule has 0 saturated heterocycles. The maximum Gasteiger partial charge on any atom is 0.248 e. The first-order valence-corrected chi connectivity index (χ1v) is 7.51. The molecule has 0 spiro atoms. The second kappa shape index (κ2) is 6.91. The van der Waals surface area contributed by atoms with Crippen LogP contribution >= 0.6 is 0 Å². The van der Waals surface area contributed by atoms with Gasteiger partial charge in [0.15, 0.2) is 0 Å². The lowest BCUT2D eigenvalue weighted by Crippen LogP contribution is -2.09. The maximum absolute atomic E-state index is 12.2. The second-order valence-corrected chi connectivity index (χ2v) is 5.27.